The Labute approximate surface area is 177 Å². The third-order valence-corrected chi connectivity index (χ3v) is 6.82. The third kappa shape index (κ3) is 2.99. The zero-order valence-corrected chi connectivity index (χ0v) is 17.1. The predicted molar refractivity (Wildman–Crippen MR) is 116 cm³/mol. The van der Waals surface area contributed by atoms with Crippen molar-refractivity contribution in [2.24, 2.45) is 16.6 Å². The van der Waals surface area contributed by atoms with Crippen LogP contribution in [-0.2, 0) is 10.3 Å². The fourth-order valence-electron chi connectivity index (χ4n) is 5.16. The summed E-state index contributed by atoms with van der Waals surface area (Å²) in [6, 6.07) is 18.0. The largest absolute Gasteiger partial charge is 0.369 e. The van der Waals surface area contributed by atoms with Crippen molar-refractivity contribution >= 4 is 11.9 Å². The summed E-state index contributed by atoms with van der Waals surface area (Å²) in [4.78, 5) is 20.5. The zero-order valence-electron chi connectivity index (χ0n) is 17.1. The van der Waals surface area contributed by atoms with Crippen LogP contribution in [-0.4, -0.2) is 22.8 Å². The summed E-state index contributed by atoms with van der Waals surface area (Å²) in [5.41, 5.74) is 8.98. The first-order valence-corrected chi connectivity index (χ1v) is 10.9. The van der Waals surface area contributed by atoms with E-state index in [-0.39, 0.29) is 17.9 Å². The van der Waals surface area contributed by atoms with Gasteiger partial charge >= 0.3 is 0 Å². The molecule has 5 rings (SSSR count). The second-order valence-corrected chi connectivity index (χ2v) is 8.75. The molecule has 1 atom stereocenters. The number of hydrogen-bond donors (Lipinski definition) is 1. The molecule has 1 unspecified atom stereocenters. The lowest BCUT2D eigenvalue weighted by Crippen LogP contribution is -2.49. The molecular formula is C25H26N4O. The van der Waals surface area contributed by atoms with Gasteiger partial charge in [0.1, 0.15) is 0 Å². The van der Waals surface area contributed by atoms with Crippen molar-refractivity contribution < 1.29 is 4.79 Å². The minimum absolute atomic E-state index is 0.0531. The molecular weight excluding hydrogens is 372 g/mol. The fraction of sp³-hybridized carbons (Fsp3) is 0.400. The lowest BCUT2D eigenvalue weighted by Gasteiger charge is -2.33. The van der Waals surface area contributed by atoms with E-state index in [9.17, 15) is 10.1 Å². The van der Waals surface area contributed by atoms with Crippen LogP contribution < -0.4 is 5.73 Å². The topological polar surface area (TPSA) is 82.5 Å². The molecule has 0 radical (unpaired) electrons. The highest BCUT2D eigenvalue weighted by atomic mass is 16.2. The molecule has 1 aliphatic heterocycles. The summed E-state index contributed by atoms with van der Waals surface area (Å²) in [6.45, 7) is 0. The summed E-state index contributed by atoms with van der Waals surface area (Å²) in [5.74, 6) is 0.644. The second-order valence-electron chi connectivity index (χ2n) is 8.75. The van der Waals surface area contributed by atoms with Gasteiger partial charge in [0.15, 0.2) is 11.5 Å². The number of nitriles is 1. The molecule has 2 fully saturated rings. The fourth-order valence-corrected chi connectivity index (χ4v) is 5.16. The van der Waals surface area contributed by atoms with Crippen molar-refractivity contribution in [1.82, 2.24) is 4.90 Å². The molecule has 2 saturated carbocycles. The van der Waals surface area contributed by atoms with Gasteiger partial charge in [-0.1, -0.05) is 49.6 Å². The highest BCUT2D eigenvalue weighted by Crippen LogP contribution is 2.52. The number of hydrogen-bond acceptors (Lipinski definition) is 4. The Morgan fingerprint density at radius 2 is 1.70 bits per heavy atom. The van der Waals surface area contributed by atoms with Gasteiger partial charge in [-0.05, 0) is 66.5 Å². The number of nitrogens with two attached hydrogens (primary N) is 1. The standard InChI is InChI=1S/C25H26N4O/c26-16-17-6-4-7-18(14-17)19-8-5-9-21(15-19)25(20-12-13-20)23(30)29(24(27)28-25)22-10-2-1-3-11-22/h4-9,14-15,20,22H,1-3,10-13H2,(H2,27,28). The Hall–Kier alpha value is -3.13. The maximum absolute atomic E-state index is 13.9. The molecule has 5 heteroatoms. The summed E-state index contributed by atoms with van der Waals surface area (Å²) in [5, 5.41) is 9.24. The number of benzene rings is 2. The highest BCUT2D eigenvalue weighted by molar-refractivity contribution is 6.08. The van der Waals surface area contributed by atoms with Crippen LogP contribution in [0.1, 0.15) is 56.1 Å². The van der Waals surface area contributed by atoms with Crippen LogP contribution in [0.4, 0.5) is 0 Å². The summed E-state index contributed by atoms with van der Waals surface area (Å²) in [6.07, 6.45) is 7.51. The lowest BCUT2D eigenvalue weighted by atomic mass is 9.82. The average molecular weight is 399 g/mol. The van der Waals surface area contributed by atoms with E-state index in [4.69, 9.17) is 10.7 Å². The molecule has 5 nitrogen and oxygen atoms in total. The van der Waals surface area contributed by atoms with E-state index in [0.717, 1.165) is 55.2 Å². The van der Waals surface area contributed by atoms with E-state index in [1.54, 1.807) is 11.0 Å². The molecule has 0 aromatic heterocycles. The first kappa shape index (κ1) is 18.9. The number of carbonyl (C=O) groups excluding carboxylic acids is 1. The molecule has 2 aromatic carbocycles. The van der Waals surface area contributed by atoms with Crippen LogP contribution in [0.5, 0.6) is 0 Å². The summed E-state index contributed by atoms with van der Waals surface area (Å²) in [7, 11) is 0. The third-order valence-electron chi connectivity index (χ3n) is 6.82. The van der Waals surface area contributed by atoms with Crippen LogP contribution in [0, 0.1) is 17.2 Å². The van der Waals surface area contributed by atoms with Gasteiger partial charge < -0.3 is 5.73 Å². The van der Waals surface area contributed by atoms with E-state index >= 15 is 0 Å². The monoisotopic (exact) mass is 398 g/mol. The van der Waals surface area contributed by atoms with Crippen LogP contribution in [0.2, 0.25) is 0 Å². The minimum atomic E-state index is -0.898. The minimum Gasteiger partial charge on any atom is -0.369 e. The molecule has 0 saturated heterocycles. The van der Waals surface area contributed by atoms with Gasteiger partial charge in [-0.2, -0.15) is 5.26 Å². The van der Waals surface area contributed by atoms with Crippen molar-refractivity contribution in [3.63, 3.8) is 0 Å². The Kier molecular flexibility index (Phi) is 4.58. The SMILES string of the molecule is N#Cc1cccc(-c2cccc(C3(C4CC4)N=C(N)N(C4CCCCC4)C3=O)c2)c1. The molecule has 0 spiro atoms. The van der Waals surface area contributed by atoms with Gasteiger partial charge in [-0.3, -0.25) is 9.69 Å². The Bertz CT molecular complexity index is 1060. The van der Waals surface area contributed by atoms with Crippen LogP contribution in [0.3, 0.4) is 0 Å². The Morgan fingerprint density at radius 1 is 1.00 bits per heavy atom. The van der Waals surface area contributed by atoms with Gasteiger partial charge in [0.05, 0.1) is 11.6 Å². The normalized spacial score (nSPS) is 24.6. The van der Waals surface area contributed by atoms with Crippen LogP contribution >= 0.6 is 0 Å². The van der Waals surface area contributed by atoms with Crippen LogP contribution in [0.15, 0.2) is 53.5 Å². The highest BCUT2D eigenvalue weighted by Gasteiger charge is 2.59. The molecule has 1 heterocycles. The van der Waals surface area contributed by atoms with Gasteiger partial charge in [-0.15, -0.1) is 0 Å². The van der Waals surface area contributed by atoms with Crippen molar-refractivity contribution in [3.05, 3.63) is 59.7 Å². The first-order valence-electron chi connectivity index (χ1n) is 10.9. The number of amides is 1. The molecule has 2 aromatic rings. The molecule has 1 amide bonds. The average Bonchev–Trinajstić information content (AvgIpc) is 3.60. The molecule has 30 heavy (non-hydrogen) atoms. The number of aliphatic imine (C=N–C) groups is 1. The van der Waals surface area contributed by atoms with Crippen molar-refractivity contribution in [1.29, 1.82) is 5.26 Å². The Balaban J connectivity index is 1.56. The first-order chi connectivity index (χ1) is 14.6. The van der Waals surface area contributed by atoms with E-state index in [0.29, 0.717) is 11.5 Å². The second kappa shape index (κ2) is 7.28. The Morgan fingerprint density at radius 3 is 2.40 bits per heavy atom. The number of carbonyl (C=O) groups is 1. The summed E-state index contributed by atoms with van der Waals surface area (Å²) < 4.78 is 0. The van der Waals surface area contributed by atoms with Crippen molar-refractivity contribution in [2.45, 2.75) is 56.5 Å². The lowest BCUT2D eigenvalue weighted by molar-refractivity contribution is -0.134. The van der Waals surface area contributed by atoms with Crippen molar-refractivity contribution in [3.8, 4) is 17.2 Å². The van der Waals surface area contributed by atoms with Crippen molar-refractivity contribution in [2.75, 3.05) is 0 Å². The van der Waals surface area contributed by atoms with Crippen LogP contribution in [0.25, 0.3) is 11.1 Å². The van der Waals surface area contributed by atoms with E-state index in [2.05, 4.69) is 12.1 Å². The smallest absolute Gasteiger partial charge is 0.262 e. The number of rotatable bonds is 4. The maximum Gasteiger partial charge on any atom is 0.262 e. The summed E-state index contributed by atoms with van der Waals surface area (Å²) >= 11 is 0. The molecule has 0 bridgehead atoms. The van der Waals surface area contributed by atoms with Gasteiger partial charge in [0.2, 0.25) is 0 Å². The molecule has 2 N–H and O–H groups in total. The van der Waals surface area contributed by atoms with E-state index < -0.39 is 5.54 Å². The molecule has 2 aliphatic carbocycles. The number of nitrogens with zero attached hydrogens (tertiary/aromatic N) is 3. The molecule has 152 valence electrons. The zero-order chi connectivity index (χ0) is 20.7. The maximum atomic E-state index is 13.9. The molecule has 3 aliphatic rings. The van der Waals surface area contributed by atoms with Gasteiger partial charge in [0.25, 0.3) is 5.91 Å². The predicted octanol–water partition coefficient (Wildman–Crippen LogP) is 4.32. The quantitative estimate of drug-likeness (QED) is 0.832. The van der Waals surface area contributed by atoms with E-state index in [1.165, 1.54) is 6.42 Å². The number of guanidine groups is 1. The van der Waals surface area contributed by atoms with Gasteiger partial charge in [-0.25, -0.2) is 4.99 Å². The van der Waals surface area contributed by atoms with Gasteiger partial charge in [0, 0.05) is 6.04 Å². The van der Waals surface area contributed by atoms with E-state index in [1.807, 2.05) is 36.4 Å².